The van der Waals surface area contributed by atoms with Crippen LogP contribution in [0.15, 0.2) is 48.5 Å². The van der Waals surface area contributed by atoms with Gasteiger partial charge in [-0.1, -0.05) is 48.6 Å². The summed E-state index contributed by atoms with van der Waals surface area (Å²) in [6.07, 6.45) is -0.696. The van der Waals surface area contributed by atoms with Crippen LogP contribution < -0.4 is 4.90 Å². The van der Waals surface area contributed by atoms with Crippen molar-refractivity contribution < 1.29 is 14.3 Å². The standard InChI is InChI=1S/C24H24ClNO3/c1-16(11-12-17-9-7-6-8-10-17)24(5)19-15-18(25)13-14-20(19)26(21(24)27)22(28)29-23(2,3)4/h6-10,13-16H,1-5H3/t16-,24+/m0/s1. The van der Waals surface area contributed by atoms with Crippen LogP contribution in [0.1, 0.15) is 45.7 Å². The van der Waals surface area contributed by atoms with Crippen LogP contribution >= 0.6 is 11.6 Å². The number of fused-ring (bicyclic) bond motifs is 1. The van der Waals surface area contributed by atoms with Crippen molar-refractivity contribution in [2.75, 3.05) is 4.90 Å². The third kappa shape index (κ3) is 4.02. The molecule has 29 heavy (non-hydrogen) atoms. The Labute approximate surface area is 176 Å². The summed E-state index contributed by atoms with van der Waals surface area (Å²) in [5, 5.41) is 0.497. The summed E-state index contributed by atoms with van der Waals surface area (Å²) < 4.78 is 5.48. The number of anilines is 1. The van der Waals surface area contributed by atoms with Crippen molar-refractivity contribution in [3.63, 3.8) is 0 Å². The first-order valence-corrected chi connectivity index (χ1v) is 9.86. The molecule has 5 heteroatoms. The second-order valence-electron chi connectivity index (χ2n) is 8.34. The van der Waals surface area contributed by atoms with Gasteiger partial charge in [-0.3, -0.25) is 4.79 Å². The van der Waals surface area contributed by atoms with Crippen molar-refractivity contribution in [3.8, 4) is 11.8 Å². The van der Waals surface area contributed by atoms with Gasteiger partial charge in [0.05, 0.1) is 11.1 Å². The second-order valence-corrected chi connectivity index (χ2v) is 8.78. The summed E-state index contributed by atoms with van der Waals surface area (Å²) in [4.78, 5) is 27.4. The number of carbonyl (C=O) groups excluding carboxylic acids is 2. The van der Waals surface area contributed by atoms with E-state index in [9.17, 15) is 9.59 Å². The number of hydrogen-bond acceptors (Lipinski definition) is 3. The molecule has 3 rings (SSSR count). The summed E-state index contributed by atoms with van der Waals surface area (Å²) >= 11 is 6.23. The molecule has 4 nitrogen and oxygen atoms in total. The molecular weight excluding hydrogens is 386 g/mol. The number of halogens is 1. The number of hydrogen-bond donors (Lipinski definition) is 0. The Bertz CT molecular complexity index is 1010. The van der Waals surface area contributed by atoms with E-state index in [1.54, 1.807) is 45.9 Å². The minimum atomic E-state index is -1.03. The second kappa shape index (κ2) is 7.57. The molecule has 0 saturated carbocycles. The van der Waals surface area contributed by atoms with E-state index < -0.39 is 17.1 Å². The zero-order chi connectivity index (χ0) is 21.4. The summed E-state index contributed by atoms with van der Waals surface area (Å²) in [6.45, 7) is 8.99. The molecule has 1 aliphatic heterocycles. The highest BCUT2D eigenvalue weighted by atomic mass is 35.5. The molecule has 1 heterocycles. The molecule has 0 bridgehead atoms. The van der Waals surface area contributed by atoms with E-state index in [-0.39, 0.29) is 11.8 Å². The van der Waals surface area contributed by atoms with E-state index >= 15 is 0 Å². The maximum absolute atomic E-state index is 13.5. The molecule has 0 aliphatic carbocycles. The molecule has 0 unspecified atom stereocenters. The number of carbonyl (C=O) groups is 2. The Balaban J connectivity index is 2.05. The van der Waals surface area contributed by atoms with Crippen LogP contribution in [0.3, 0.4) is 0 Å². The SMILES string of the molecule is C[C@@H](C#Cc1ccccc1)[C@@]1(C)C(=O)N(C(=O)OC(C)(C)C)c2ccc(Cl)cc21. The molecule has 2 aromatic carbocycles. The Morgan fingerprint density at radius 1 is 1.17 bits per heavy atom. The third-order valence-corrected chi connectivity index (χ3v) is 5.29. The van der Waals surface area contributed by atoms with Crippen molar-refractivity contribution in [1.82, 2.24) is 0 Å². The molecular formula is C24H24ClNO3. The maximum Gasteiger partial charge on any atom is 0.421 e. The minimum Gasteiger partial charge on any atom is -0.443 e. The van der Waals surface area contributed by atoms with Crippen molar-refractivity contribution in [3.05, 3.63) is 64.7 Å². The number of imide groups is 1. The molecule has 0 spiro atoms. The van der Waals surface area contributed by atoms with Gasteiger partial charge in [0, 0.05) is 16.5 Å². The average Bonchev–Trinajstić information content (AvgIpc) is 2.87. The molecule has 0 radical (unpaired) electrons. The van der Waals surface area contributed by atoms with Crippen molar-refractivity contribution >= 4 is 29.3 Å². The van der Waals surface area contributed by atoms with E-state index in [0.717, 1.165) is 10.5 Å². The lowest BCUT2D eigenvalue weighted by molar-refractivity contribution is -0.123. The smallest absolute Gasteiger partial charge is 0.421 e. The zero-order valence-electron chi connectivity index (χ0n) is 17.2. The average molecular weight is 410 g/mol. The molecule has 2 amide bonds. The van der Waals surface area contributed by atoms with E-state index in [4.69, 9.17) is 16.3 Å². The number of ether oxygens (including phenoxy) is 1. The number of nitrogens with zero attached hydrogens (tertiary/aromatic N) is 1. The highest BCUT2D eigenvalue weighted by molar-refractivity contribution is 6.31. The van der Waals surface area contributed by atoms with Crippen LogP contribution in [0.4, 0.5) is 10.5 Å². The van der Waals surface area contributed by atoms with Gasteiger partial charge in [0.25, 0.3) is 0 Å². The van der Waals surface area contributed by atoms with Gasteiger partial charge in [0.2, 0.25) is 5.91 Å². The third-order valence-electron chi connectivity index (χ3n) is 5.06. The van der Waals surface area contributed by atoms with Gasteiger partial charge in [-0.05, 0) is 63.6 Å². The lowest BCUT2D eigenvalue weighted by Gasteiger charge is -2.28. The Hall–Kier alpha value is -2.77. The van der Waals surface area contributed by atoms with E-state index in [1.807, 2.05) is 37.3 Å². The van der Waals surface area contributed by atoms with Crippen LogP contribution in [0.25, 0.3) is 0 Å². The van der Waals surface area contributed by atoms with Crippen molar-refractivity contribution in [2.24, 2.45) is 5.92 Å². The van der Waals surface area contributed by atoms with Crippen molar-refractivity contribution in [1.29, 1.82) is 0 Å². The summed E-state index contributed by atoms with van der Waals surface area (Å²) in [5.41, 5.74) is 0.282. The Morgan fingerprint density at radius 2 is 1.83 bits per heavy atom. The van der Waals surface area contributed by atoms with E-state index in [1.165, 1.54) is 0 Å². The fraction of sp³-hybridized carbons (Fsp3) is 0.333. The van der Waals surface area contributed by atoms with Gasteiger partial charge < -0.3 is 4.74 Å². The van der Waals surface area contributed by atoms with E-state index in [0.29, 0.717) is 16.3 Å². The Morgan fingerprint density at radius 3 is 2.45 bits per heavy atom. The van der Waals surface area contributed by atoms with Crippen molar-refractivity contribution in [2.45, 2.75) is 45.6 Å². The van der Waals surface area contributed by atoms with Gasteiger partial charge in [-0.15, -0.1) is 0 Å². The quantitative estimate of drug-likeness (QED) is 0.578. The predicted molar refractivity (Wildman–Crippen MR) is 115 cm³/mol. The highest BCUT2D eigenvalue weighted by Crippen LogP contribution is 2.47. The lowest BCUT2D eigenvalue weighted by atomic mass is 9.73. The number of amides is 2. The van der Waals surface area contributed by atoms with Gasteiger partial charge in [-0.25, -0.2) is 9.69 Å². The van der Waals surface area contributed by atoms with Crippen LogP contribution in [-0.2, 0) is 14.9 Å². The molecule has 1 aliphatic rings. The topological polar surface area (TPSA) is 46.6 Å². The number of benzene rings is 2. The summed E-state index contributed by atoms with van der Waals surface area (Å²) in [6, 6.07) is 14.7. The summed E-state index contributed by atoms with van der Waals surface area (Å²) in [5.74, 6) is 5.59. The van der Waals surface area contributed by atoms with Gasteiger partial charge in [0.15, 0.2) is 0 Å². The molecule has 150 valence electrons. The van der Waals surface area contributed by atoms with Crippen LogP contribution in [-0.4, -0.2) is 17.6 Å². The normalized spacial score (nSPS) is 19.2. The summed E-state index contributed by atoms with van der Waals surface area (Å²) in [7, 11) is 0. The largest absolute Gasteiger partial charge is 0.443 e. The molecule has 0 fully saturated rings. The number of rotatable bonds is 1. The zero-order valence-corrected chi connectivity index (χ0v) is 18.0. The molecule has 0 N–H and O–H groups in total. The maximum atomic E-state index is 13.5. The van der Waals surface area contributed by atoms with Gasteiger partial charge in [-0.2, -0.15) is 0 Å². The van der Waals surface area contributed by atoms with Gasteiger partial charge in [0.1, 0.15) is 5.60 Å². The first-order chi connectivity index (χ1) is 13.5. The lowest BCUT2D eigenvalue weighted by Crippen LogP contribution is -2.46. The first-order valence-electron chi connectivity index (χ1n) is 9.48. The Kier molecular flexibility index (Phi) is 5.47. The fourth-order valence-electron chi connectivity index (χ4n) is 3.34. The molecule has 2 aromatic rings. The first kappa shape index (κ1) is 21.0. The predicted octanol–water partition coefficient (Wildman–Crippen LogP) is 5.57. The fourth-order valence-corrected chi connectivity index (χ4v) is 3.51. The minimum absolute atomic E-state index is 0.361. The van der Waals surface area contributed by atoms with Crippen LogP contribution in [0.2, 0.25) is 5.02 Å². The molecule has 0 aromatic heterocycles. The van der Waals surface area contributed by atoms with Crippen LogP contribution in [0.5, 0.6) is 0 Å². The molecule has 0 saturated heterocycles. The van der Waals surface area contributed by atoms with Gasteiger partial charge >= 0.3 is 6.09 Å². The highest BCUT2D eigenvalue weighted by Gasteiger charge is 2.53. The van der Waals surface area contributed by atoms with E-state index in [2.05, 4.69) is 11.8 Å². The molecule has 2 atom stereocenters. The van der Waals surface area contributed by atoms with Crippen LogP contribution in [0, 0.1) is 17.8 Å². The monoisotopic (exact) mass is 409 g/mol.